The molecular formula is C13H21ClN2. The molecule has 0 spiro atoms. The average Bonchev–Trinajstić information content (AvgIpc) is 2.20. The van der Waals surface area contributed by atoms with Crippen LogP contribution in [0.25, 0.3) is 0 Å². The lowest BCUT2D eigenvalue weighted by Crippen LogP contribution is -1.90. The van der Waals surface area contributed by atoms with Gasteiger partial charge in [0.1, 0.15) is 0 Å². The van der Waals surface area contributed by atoms with Crippen LogP contribution < -0.4 is 11.1 Å². The molecule has 0 aliphatic rings. The highest BCUT2D eigenvalue weighted by Gasteiger charge is 1.95. The summed E-state index contributed by atoms with van der Waals surface area (Å²) in [5.41, 5.74) is 7.05. The second-order valence-electron chi connectivity index (χ2n) is 2.99. The molecule has 0 saturated heterocycles. The van der Waals surface area contributed by atoms with E-state index in [0.717, 1.165) is 5.69 Å². The van der Waals surface area contributed by atoms with Crippen LogP contribution in [0.3, 0.4) is 0 Å². The van der Waals surface area contributed by atoms with Gasteiger partial charge in [0.25, 0.3) is 0 Å². The van der Waals surface area contributed by atoms with E-state index in [-0.39, 0.29) is 0 Å². The topological polar surface area (TPSA) is 38.0 Å². The summed E-state index contributed by atoms with van der Waals surface area (Å²) in [5.74, 6) is 2.25. The van der Waals surface area contributed by atoms with Gasteiger partial charge in [-0.2, -0.15) is 0 Å². The minimum Gasteiger partial charge on any atom is -0.399 e. The van der Waals surface area contributed by atoms with E-state index in [4.69, 9.17) is 17.3 Å². The van der Waals surface area contributed by atoms with Crippen LogP contribution in [-0.4, -0.2) is 7.05 Å². The van der Waals surface area contributed by atoms with Gasteiger partial charge >= 0.3 is 0 Å². The maximum atomic E-state index is 5.79. The zero-order valence-electron chi connectivity index (χ0n) is 10.5. The second kappa shape index (κ2) is 11.7. The van der Waals surface area contributed by atoms with Gasteiger partial charge in [-0.05, 0) is 25.1 Å². The van der Waals surface area contributed by atoms with Crippen molar-refractivity contribution in [1.82, 2.24) is 0 Å². The van der Waals surface area contributed by atoms with Crippen LogP contribution >= 0.6 is 11.6 Å². The summed E-state index contributed by atoms with van der Waals surface area (Å²) in [7, 11) is 1.82. The van der Waals surface area contributed by atoms with Gasteiger partial charge < -0.3 is 11.1 Å². The van der Waals surface area contributed by atoms with Gasteiger partial charge in [0.2, 0.25) is 0 Å². The van der Waals surface area contributed by atoms with E-state index in [9.17, 15) is 0 Å². The van der Waals surface area contributed by atoms with Gasteiger partial charge in [0, 0.05) is 12.7 Å². The van der Waals surface area contributed by atoms with Crippen molar-refractivity contribution in [1.29, 1.82) is 0 Å². The SMILES string of the molecule is C#CC.CCC.CNc1ccc(N)cc1Cl. The number of rotatable bonds is 1. The van der Waals surface area contributed by atoms with Crippen LogP contribution in [0.15, 0.2) is 18.2 Å². The molecule has 1 aromatic carbocycles. The zero-order chi connectivity index (χ0) is 13.0. The van der Waals surface area contributed by atoms with Gasteiger partial charge in [-0.3, -0.25) is 0 Å². The lowest BCUT2D eigenvalue weighted by atomic mass is 10.3. The number of anilines is 2. The molecule has 3 heteroatoms. The normalized spacial score (nSPS) is 7.50. The molecule has 0 bridgehead atoms. The van der Waals surface area contributed by atoms with Crippen molar-refractivity contribution in [3.8, 4) is 12.3 Å². The number of hydrogen-bond acceptors (Lipinski definition) is 2. The van der Waals surface area contributed by atoms with Crippen LogP contribution in [0.1, 0.15) is 27.2 Å². The number of hydrogen-bond donors (Lipinski definition) is 2. The first-order chi connectivity index (χ1) is 7.56. The molecule has 0 aliphatic carbocycles. The average molecular weight is 241 g/mol. The highest BCUT2D eigenvalue weighted by Crippen LogP contribution is 2.22. The lowest BCUT2D eigenvalue weighted by molar-refractivity contribution is 1.09. The molecule has 0 atom stereocenters. The predicted molar refractivity (Wildman–Crippen MR) is 75.9 cm³/mol. The highest BCUT2D eigenvalue weighted by atomic mass is 35.5. The summed E-state index contributed by atoms with van der Waals surface area (Å²) >= 11 is 5.79. The fourth-order valence-corrected chi connectivity index (χ4v) is 1.02. The number of nitrogens with two attached hydrogens (primary N) is 1. The Kier molecular flexibility index (Phi) is 12.5. The van der Waals surface area contributed by atoms with Crippen molar-refractivity contribution < 1.29 is 0 Å². The number of benzene rings is 1. The minimum atomic E-state index is 0.655. The van der Waals surface area contributed by atoms with E-state index >= 15 is 0 Å². The van der Waals surface area contributed by atoms with Crippen LogP contribution in [-0.2, 0) is 0 Å². The van der Waals surface area contributed by atoms with Gasteiger partial charge in [0.15, 0.2) is 0 Å². The predicted octanol–water partition coefficient (Wildman–Crippen LogP) is 4.02. The van der Waals surface area contributed by atoms with Crippen molar-refractivity contribution >= 4 is 23.0 Å². The van der Waals surface area contributed by atoms with Crippen molar-refractivity contribution in [3.05, 3.63) is 23.2 Å². The fourth-order valence-electron chi connectivity index (χ4n) is 0.734. The zero-order valence-corrected chi connectivity index (χ0v) is 11.2. The van der Waals surface area contributed by atoms with Gasteiger partial charge in [-0.25, -0.2) is 0 Å². The molecule has 16 heavy (non-hydrogen) atoms. The largest absolute Gasteiger partial charge is 0.399 e. The summed E-state index contributed by atoms with van der Waals surface area (Å²) in [6.07, 6.45) is 5.85. The number of halogens is 1. The Morgan fingerprint density at radius 2 is 1.88 bits per heavy atom. The number of nitrogen functional groups attached to an aromatic ring is 1. The number of nitrogens with one attached hydrogen (secondary N) is 1. The Labute approximate surface area is 104 Å². The standard InChI is InChI=1S/C7H9ClN2.C3H8.C3H4/c1-10-7-3-2-5(9)4-6(7)8;2*1-3-2/h2-4,10H,9H2,1H3;3H2,1-2H3;1H,2H3. The van der Waals surface area contributed by atoms with Gasteiger partial charge in [0.05, 0.1) is 10.7 Å². The van der Waals surface area contributed by atoms with Gasteiger partial charge in [-0.15, -0.1) is 12.3 Å². The number of terminal acetylenes is 1. The smallest absolute Gasteiger partial charge is 0.0657 e. The third-order valence-corrected chi connectivity index (χ3v) is 1.58. The Bertz CT molecular complexity index is 316. The van der Waals surface area contributed by atoms with E-state index < -0.39 is 0 Å². The quantitative estimate of drug-likeness (QED) is 0.575. The maximum Gasteiger partial charge on any atom is 0.0657 e. The van der Waals surface area contributed by atoms with Crippen LogP contribution in [0.2, 0.25) is 5.02 Å². The van der Waals surface area contributed by atoms with E-state index in [1.54, 1.807) is 19.1 Å². The van der Waals surface area contributed by atoms with Crippen molar-refractivity contribution in [2.24, 2.45) is 0 Å². The summed E-state index contributed by atoms with van der Waals surface area (Å²) < 4.78 is 0. The summed E-state index contributed by atoms with van der Waals surface area (Å²) in [6, 6.07) is 5.36. The molecule has 1 rings (SSSR count). The van der Waals surface area contributed by atoms with Crippen molar-refractivity contribution in [2.75, 3.05) is 18.1 Å². The third kappa shape index (κ3) is 9.23. The van der Waals surface area contributed by atoms with E-state index in [2.05, 4.69) is 31.5 Å². The molecule has 0 fully saturated rings. The molecule has 0 radical (unpaired) electrons. The lowest BCUT2D eigenvalue weighted by Gasteiger charge is -2.02. The first-order valence-corrected chi connectivity index (χ1v) is 5.55. The Morgan fingerprint density at radius 1 is 1.44 bits per heavy atom. The molecule has 0 unspecified atom stereocenters. The maximum absolute atomic E-state index is 5.79. The summed E-state index contributed by atoms with van der Waals surface area (Å²) in [4.78, 5) is 0. The third-order valence-electron chi connectivity index (χ3n) is 1.26. The molecule has 90 valence electrons. The van der Waals surface area contributed by atoms with E-state index in [1.807, 2.05) is 13.1 Å². The molecule has 1 aromatic rings. The Hall–Kier alpha value is -1.33. The monoisotopic (exact) mass is 240 g/mol. The molecule has 3 N–H and O–H groups in total. The van der Waals surface area contributed by atoms with Crippen molar-refractivity contribution in [3.63, 3.8) is 0 Å². The second-order valence-corrected chi connectivity index (χ2v) is 3.39. The Balaban J connectivity index is 0. The van der Waals surface area contributed by atoms with Gasteiger partial charge in [-0.1, -0.05) is 31.9 Å². The highest BCUT2D eigenvalue weighted by molar-refractivity contribution is 6.33. The molecule has 0 saturated carbocycles. The molecular weight excluding hydrogens is 220 g/mol. The first-order valence-electron chi connectivity index (χ1n) is 5.17. The molecule has 0 amide bonds. The fraction of sp³-hybridized carbons (Fsp3) is 0.385. The molecule has 0 aromatic heterocycles. The van der Waals surface area contributed by atoms with Crippen LogP contribution in [0.4, 0.5) is 11.4 Å². The molecule has 0 aliphatic heterocycles. The Morgan fingerprint density at radius 3 is 2.19 bits per heavy atom. The van der Waals surface area contributed by atoms with Crippen LogP contribution in [0.5, 0.6) is 0 Å². The van der Waals surface area contributed by atoms with Crippen LogP contribution in [0, 0.1) is 12.3 Å². The molecule has 0 heterocycles. The van der Waals surface area contributed by atoms with Crippen molar-refractivity contribution in [2.45, 2.75) is 27.2 Å². The first kappa shape index (κ1) is 17.1. The molecule has 2 nitrogen and oxygen atoms in total. The van der Waals surface area contributed by atoms with E-state index in [0.29, 0.717) is 10.7 Å². The summed E-state index contributed by atoms with van der Waals surface area (Å²) in [5, 5.41) is 3.59. The minimum absolute atomic E-state index is 0.655. The summed E-state index contributed by atoms with van der Waals surface area (Å²) in [6.45, 7) is 5.90. The van der Waals surface area contributed by atoms with E-state index in [1.165, 1.54) is 6.42 Å².